The van der Waals surface area contributed by atoms with E-state index < -0.39 is 10.2 Å². The highest BCUT2D eigenvalue weighted by atomic mass is 32.2. The zero-order valence-corrected chi connectivity index (χ0v) is 16.2. The Morgan fingerprint density at radius 1 is 1.33 bits per heavy atom. The summed E-state index contributed by atoms with van der Waals surface area (Å²) in [4.78, 5) is 23.7. The number of fused-ring (bicyclic) bond motifs is 5. The first-order valence-electron chi connectivity index (χ1n) is 9.50. The van der Waals surface area contributed by atoms with Crippen LogP contribution in [0.15, 0.2) is 23.4 Å². The number of aryl methyl sites for hydroxylation is 1. The van der Waals surface area contributed by atoms with E-state index in [1.165, 1.54) is 11.1 Å². The van der Waals surface area contributed by atoms with Crippen molar-refractivity contribution in [3.63, 3.8) is 0 Å². The standard InChI is InChI=1S/C19H25N3O4S/c1-19-7-6-15-14-5-3-13(22-24)8-11(14)2-4-16(15)18(19)12(9-17(19)23)10-21-27(20,25)26/h3,5,8,12,15-16,18,21H,2,4,6-7,9-10H2,1H3,(H2,20,25,26). The minimum absolute atomic E-state index is 0.0221. The molecule has 0 saturated heterocycles. The number of rotatable bonds is 4. The van der Waals surface area contributed by atoms with Gasteiger partial charge in [0.15, 0.2) is 0 Å². The van der Waals surface area contributed by atoms with Crippen molar-refractivity contribution in [3.8, 4) is 0 Å². The number of Topliss-reactive ketones (excluding diaryl/α,β-unsaturated/α-hetero) is 1. The maximum Gasteiger partial charge on any atom is 0.274 e. The molecule has 2 fully saturated rings. The van der Waals surface area contributed by atoms with E-state index in [4.69, 9.17) is 5.14 Å². The van der Waals surface area contributed by atoms with E-state index >= 15 is 0 Å². The molecule has 0 bridgehead atoms. The zero-order valence-electron chi connectivity index (χ0n) is 15.3. The molecular weight excluding hydrogens is 366 g/mol. The van der Waals surface area contributed by atoms with Gasteiger partial charge in [0.1, 0.15) is 11.5 Å². The van der Waals surface area contributed by atoms with E-state index in [1.807, 2.05) is 12.1 Å². The van der Waals surface area contributed by atoms with E-state index in [0.29, 0.717) is 23.9 Å². The topological polar surface area (TPSA) is 119 Å². The fraction of sp³-hybridized carbons (Fsp3) is 0.632. The minimum Gasteiger partial charge on any atom is -0.299 e. The van der Waals surface area contributed by atoms with Crippen LogP contribution in [0.1, 0.15) is 49.7 Å². The molecule has 0 amide bonds. The van der Waals surface area contributed by atoms with Crippen molar-refractivity contribution in [2.75, 3.05) is 6.54 Å². The lowest BCUT2D eigenvalue weighted by Gasteiger charge is -2.49. The van der Waals surface area contributed by atoms with Crippen molar-refractivity contribution in [1.82, 2.24) is 4.72 Å². The zero-order chi connectivity index (χ0) is 19.4. The number of carbonyl (C=O) groups excluding carboxylic acids is 1. The van der Waals surface area contributed by atoms with Gasteiger partial charge in [0.05, 0.1) is 0 Å². The van der Waals surface area contributed by atoms with Crippen LogP contribution in [0.3, 0.4) is 0 Å². The maximum absolute atomic E-state index is 12.8. The molecule has 8 heteroatoms. The average molecular weight is 391 g/mol. The van der Waals surface area contributed by atoms with Crippen molar-refractivity contribution < 1.29 is 13.2 Å². The molecule has 0 spiro atoms. The summed E-state index contributed by atoms with van der Waals surface area (Å²) in [7, 11) is -3.77. The number of carbonyl (C=O) groups is 1. The van der Waals surface area contributed by atoms with Gasteiger partial charge in [-0.3, -0.25) is 4.79 Å². The Kier molecular flexibility index (Phi) is 4.48. The first-order valence-corrected chi connectivity index (χ1v) is 11.0. The molecule has 3 N–H and O–H groups in total. The molecule has 5 unspecified atom stereocenters. The second-order valence-corrected chi connectivity index (χ2v) is 9.92. The highest BCUT2D eigenvalue weighted by Crippen LogP contribution is 2.61. The molecule has 2 saturated carbocycles. The SMILES string of the molecule is CC12CCC3c4ccc(N=O)cc4CCC3C1C(CNS(N)(=O)=O)CC2=O. The van der Waals surface area contributed by atoms with Crippen molar-refractivity contribution in [1.29, 1.82) is 0 Å². The Labute approximate surface area is 159 Å². The highest BCUT2D eigenvalue weighted by molar-refractivity contribution is 7.87. The van der Waals surface area contributed by atoms with Crippen LogP contribution in [0.2, 0.25) is 0 Å². The van der Waals surface area contributed by atoms with Crippen LogP contribution >= 0.6 is 0 Å². The number of hydrogen-bond acceptors (Lipinski definition) is 5. The Hall–Kier alpha value is -1.64. The summed E-state index contributed by atoms with van der Waals surface area (Å²) < 4.78 is 25.1. The van der Waals surface area contributed by atoms with Gasteiger partial charge in [-0.2, -0.15) is 8.42 Å². The number of nitrogens with one attached hydrogen (secondary N) is 1. The van der Waals surface area contributed by atoms with Crippen molar-refractivity contribution in [2.45, 2.75) is 44.9 Å². The largest absolute Gasteiger partial charge is 0.299 e. The smallest absolute Gasteiger partial charge is 0.274 e. The Bertz CT molecular complexity index is 900. The Morgan fingerprint density at radius 3 is 2.81 bits per heavy atom. The molecule has 1 aromatic rings. The number of nitroso groups, excluding NO2 is 1. The molecule has 0 radical (unpaired) electrons. The average Bonchev–Trinajstić information content (AvgIpc) is 2.89. The molecule has 3 aliphatic rings. The third kappa shape index (κ3) is 3.13. The lowest BCUT2D eigenvalue weighted by Crippen LogP contribution is -2.46. The number of nitrogens with zero attached hydrogens (tertiary/aromatic N) is 1. The monoisotopic (exact) mass is 391 g/mol. The van der Waals surface area contributed by atoms with Crippen LogP contribution in [-0.4, -0.2) is 20.7 Å². The van der Waals surface area contributed by atoms with E-state index in [1.54, 1.807) is 6.07 Å². The van der Waals surface area contributed by atoms with Gasteiger partial charge in [-0.15, -0.1) is 4.91 Å². The quantitative estimate of drug-likeness (QED) is 0.767. The minimum atomic E-state index is -3.77. The van der Waals surface area contributed by atoms with E-state index in [0.717, 1.165) is 25.7 Å². The molecule has 7 nitrogen and oxygen atoms in total. The van der Waals surface area contributed by atoms with Crippen LogP contribution in [0.4, 0.5) is 5.69 Å². The lowest BCUT2D eigenvalue weighted by molar-refractivity contribution is -0.129. The normalized spacial score (nSPS) is 35.3. The molecule has 5 atom stereocenters. The van der Waals surface area contributed by atoms with Crippen molar-refractivity contribution in [2.24, 2.45) is 33.5 Å². The third-order valence-corrected chi connectivity index (χ3v) is 7.78. The lowest BCUT2D eigenvalue weighted by atomic mass is 9.54. The van der Waals surface area contributed by atoms with Crippen LogP contribution < -0.4 is 9.86 Å². The van der Waals surface area contributed by atoms with Crippen LogP contribution in [0, 0.1) is 28.1 Å². The summed E-state index contributed by atoms with van der Waals surface area (Å²) in [5.41, 5.74) is 2.52. The number of ketones is 1. The second-order valence-electron chi connectivity index (χ2n) is 8.55. The Balaban J connectivity index is 1.66. The molecule has 27 heavy (non-hydrogen) atoms. The Morgan fingerprint density at radius 2 is 2.11 bits per heavy atom. The van der Waals surface area contributed by atoms with Gasteiger partial charge in [0.2, 0.25) is 0 Å². The van der Waals surface area contributed by atoms with Gasteiger partial charge in [-0.25, -0.2) is 9.86 Å². The third-order valence-electron chi connectivity index (χ3n) is 7.21. The van der Waals surface area contributed by atoms with Gasteiger partial charge in [0, 0.05) is 18.4 Å². The number of hydrogen-bond donors (Lipinski definition) is 2. The predicted molar refractivity (Wildman–Crippen MR) is 102 cm³/mol. The maximum atomic E-state index is 12.8. The summed E-state index contributed by atoms with van der Waals surface area (Å²) in [6, 6.07) is 5.66. The van der Waals surface area contributed by atoms with Crippen molar-refractivity contribution >= 4 is 21.7 Å². The molecule has 3 aliphatic carbocycles. The van der Waals surface area contributed by atoms with Crippen LogP contribution in [0.25, 0.3) is 0 Å². The van der Waals surface area contributed by atoms with Gasteiger partial charge in [-0.1, -0.05) is 13.0 Å². The van der Waals surface area contributed by atoms with Gasteiger partial charge in [-0.05, 0) is 77.8 Å². The van der Waals surface area contributed by atoms with E-state index in [-0.39, 0.29) is 29.6 Å². The second kappa shape index (κ2) is 6.46. The molecule has 0 heterocycles. The van der Waals surface area contributed by atoms with Gasteiger partial charge >= 0.3 is 0 Å². The first-order chi connectivity index (χ1) is 12.7. The van der Waals surface area contributed by atoms with Gasteiger partial charge < -0.3 is 0 Å². The highest BCUT2D eigenvalue weighted by Gasteiger charge is 2.58. The van der Waals surface area contributed by atoms with E-state index in [9.17, 15) is 18.1 Å². The summed E-state index contributed by atoms with van der Waals surface area (Å²) in [5.74, 6) is 1.06. The predicted octanol–water partition coefficient (Wildman–Crippen LogP) is 2.53. The molecular formula is C19H25N3O4S. The summed E-state index contributed by atoms with van der Waals surface area (Å²) in [6.07, 6.45) is 3.97. The number of nitrogens with two attached hydrogens (primary N) is 1. The van der Waals surface area contributed by atoms with Crippen molar-refractivity contribution in [3.05, 3.63) is 34.2 Å². The fourth-order valence-electron chi connectivity index (χ4n) is 6.09. The molecule has 0 aliphatic heterocycles. The number of benzene rings is 1. The molecule has 4 rings (SSSR count). The van der Waals surface area contributed by atoms with Gasteiger partial charge in [0.25, 0.3) is 10.2 Å². The summed E-state index contributed by atoms with van der Waals surface area (Å²) >= 11 is 0. The first kappa shape index (κ1) is 18.7. The summed E-state index contributed by atoms with van der Waals surface area (Å²) in [5, 5.41) is 8.16. The van der Waals surface area contributed by atoms with Crippen LogP contribution in [-0.2, 0) is 21.4 Å². The molecule has 146 valence electrons. The molecule has 1 aromatic carbocycles. The molecule has 0 aromatic heterocycles. The summed E-state index contributed by atoms with van der Waals surface area (Å²) in [6.45, 7) is 2.27. The van der Waals surface area contributed by atoms with Crippen LogP contribution in [0.5, 0.6) is 0 Å². The fourth-order valence-corrected chi connectivity index (χ4v) is 6.54. The van der Waals surface area contributed by atoms with E-state index in [2.05, 4.69) is 16.8 Å².